The highest BCUT2D eigenvalue weighted by molar-refractivity contribution is 5.73. The van der Waals surface area contributed by atoms with Crippen molar-refractivity contribution in [3.05, 3.63) is 59.3 Å². The number of fused-ring (bicyclic) bond motifs is 1. The highest BCUT2D eigenvalue weighted by Gasteiger charge is 2.30. The minimum absolute atomic E-state index is 0.215. The van der Waals surface area contributed by atoms with Gasteiger partial charge in [0.15, 0.2) is 11.5 Å². The third-order valence-electron chi connectivity index (χ3n) is 5.86. The molecule has 2 aliphatic rings. The lowest BCUT2D eigenvalue weighted by atomic mass is 9.91. The first-order valence-corrected chi connectivity index (χ1v) is 10.3. The zero-order valence-corrected chi connectivity index (χ0v) is 17.3. The van der Waals surface area contributed by atoms with Crippen LogP contribution in [0.5, 0.6) is 17.2 Å². The molecule has 6 nitrogen and oxygen atoms in total. The van der Waals surface area contributed by atoms with Gasteiger partial charge in [-0.2, -0.15) is 0 Å². The first kappa shape index (κ1) is 20.1. The lowest BCUT2D eigenvalue weighted by Gasteiger charge is -2.32. The van der Waals surface area contributed by atoms with E-state index in [4.69, 9.17) is 14.2 Å². The maximum absolute atomic E-state index is 11.9. The van der Waals surface area contributed by atoms with E-state index < -0.39 is 6.09 Å². The predicted octanol–water partition coefficient (Wildman–Crippen LogP) is 5.27. The molecule has 158 valence electrons. The quantitative estimate of drug-likeness (QED) is 0.704. The minimum atomic E-state index is -0.991. The lowest BCUT2D eigenvalue weighted by molar-refractivity contribution is 0.147. The molecule has 0 saturated heterocycles. The van der Waals surface area contributed by atoms with Crippen LogP contribution in [0.1, 0.15) is 48.4 Å². The van der Waals surface area contributed by atoms with Gasteiger partial charge in [0.2, 0.25) is 0 Å². The molecule has 1 N–H and O–H groups in total. The summed E-state index contributed by atoms with van der Waals surface area (Å²) in [5.74, 6) is 2.10. The van der Waals surface area contributed by atoms with Gasteiger partial charge >= 0.3 is 6.09 Å². The highest BCUT2D eigenvalue weighted by Crippen LogP contribution is 2.41. The van der Waals surface area contributed by atoms with E-state index in [1.807, 2.05) is 42.5 Å². The number of carbonyl (C=O) groups is 1. The summed E-state index contributed by atoms with van der Waals surface area (Å²) in [6.07, 6.45) is 7.69. The van der Waals surface area contributed by atoms with Crippen LogP contribution in [0.2, 0.25) is 0 Å². The maximum Gasteiger partial charge on any atom is 0.411 e. The van der Waals surface area contributed by atoms with Gasteiger partial charge in [0.25, 0.3) is 0 Å². The average molecular weight is 409 g/mol. The molecule has 1 unspecified atom stereocenters. The van der Waals surface area contributed by atoms with Gasteiger partial charge in [-0.1, -0.05) is 12.1 Å². The number of amides is 1. The van der Waals surface area contributed by atoms with Gasteiger partial charge in [-0.25, -0.2) is 4.79 Å². The SMILES string of the molecule is COc1cccc(CC2c3cc(OC)c(OC4CCCC4)cc3C=CN2C(=O)O)c1. The number of methoxy groups -OCH3 is 2. The van der Waals surface area contributed by atoms with Crippen molar-refractivity contribution in [1.29, 1.82) is 0 Å². The largest absolute Gasteiger partial charge is 0.497 e. The van der Waals surface area contributed by atoms with E-state index in [-0.39, 0.29) is 12.1 Å². The highest BCUT2D eigenvalue weighted by atomic mass is 16.5. The van der Waals surface area contributed by atoms with E-state index in [2.05, 4.69) is 0 Å². The smallest absolute Gasteiger partial charge is 0.411 e. The molecule has 1 fully saturated rings. The molecule has 1 amide bonds. The Labute approximate surface area is 176 Å². The summed E-state index contributed by atoms with van der Waals surface area (Å²) in [4.78, 5) is 13.3. The van der Waals surface area contributed by atoms with Crippen molar-refractivity contribution in [3.8, 4) is 17.2 Å². The second kappa shape index (κ2) is 8.69. The van der Waals surface area contributed by atoms with Crippen molar-refractivity contribution < 1.29 is 24.1 Å². The van der Waals surface area contributed by atoms with E-state index in [0.29, 0.717) is 12.2 Å². The van der Waals surface area contributed by atoms with Gasteiger partial charge in [-0.15, -0.1) is 0 Å². The number of nitrogens with zero attached hydrogens (tertiary/aromatic N) is 1. The molecule has 1 atom stereocenters. The number of carboxylic acid groups (broad SMARTS) is 1. The first-order chi connectivity index (χ1) is 14.6. The molecule has 30 heavy (non-hydrogen) atoms. The predicted molar refractivity (Wildman–Crippen MR) is 114 cm³/mol. The number of hydrogen-bond acceptors (Lipinski definition) is 4. The number of ether oxygens (including phenoxy) is 3. The second-order valence-electron chi connectivity index (χ2n) is 7.73. The fourth-order valence-corrected chi connectivity index (χ4v) is 4.30. The fraction of sp³-hybridized carbons (Fsp3) is 0.375. The number of benzene rings is 2. The fourth-order valence-electron chi connectivity index (χ4n) is 4.30. The van der Waals surface area contributed by atoms with Gasteiger partial charge in [0.05, 0.1) is 26.4 Å². The van der Waals surface area contributed by atoms with Crippen LogP contribution in [0.15, 0.2) is 42.6 Å². The monoisotopic (exact) mass is 409 g/mol. The standard InChI is InChI=1S/C24H27NO5/c1-28-19-9-5-6-16(12-19)13-21-20-15-22(29-2)23(30-18-7-3-4-8-18)14-17(20)10-11-25(21)24(26)27/h5-6,9-12,14-15,18,21H,3-4,7-8,13H2,1-2H3,(H,26,27). The summed E-state index contributed by atoms with van der Waals surface area (Å²) in [6, 6.07) is 11.2. The van der Waals surface area contributed by atoms with Crippen molar-refractivity contribution in [3.63, 3.8) is 0 Å². The molecule has 2 aromatic rings. The molecular formula is C24H27NO5. The van der Waals surface area contributed by atoms with Crippen LogP contribution in [-0.2, 0) is 6.42 Å². The molecule has 1 heterocycles. The van der Waals surface area contributed by atoms with Gasteiger partial charge in [-0.3, -0.25) is 4.90 Å². The molecule has 0 radical (unpaired) electrons. The van der Waals surface area contributed by atoms with Crippen LogP contribution >= 0.6 is 0 Å². The summed E-state index contributed by atoms with van der Waals surface area (Å²) in [5, 5.41) is 9.78. The first-order valence-electron chi connectivity index (χ1n) is 10.3. The van der Waals surface area contributed by atoms with Crippen molar-refractivity contribution >= 4 is 12.2 Å². The van der Waals surface area contributed by atoms with Crippen LogP contribution < -0.4 is 14.2 Å². The van der Waals surface area contributed by atoms with E-state index in [9.17, 15) is 9.90 Å². The Morgan fingerprint density at radius 2 is 1.90 bits per heavy atom. The maximum atomic E-state index is 11.9. The van der Waals surface area contributed by atoms with Crippen LogP contribution in [-0.4, -0.2) is 36.4 Å². The van der Waals surface area contributed by atoms with Gasteiger partial charge in [-0.05, 0) is 79.1 Å². The third kappa shape index (κ3) is 4.08. The van der Waals surface area contributed by atoms with Gasteiger partial charge in [0, 0.05) is 6.20 Å². The summed E-state index contributed by atoms with van der Waals surface area (Å²) in [6.45, 7) is 0. The Hall–Kier alpha value is -3.15. The Bertz CT molecular complexity index is 949. The van der Waals surface area contributed by atoms with E-state index in [1.165, 1.54) is 17.7 Å². The summed E-state index contributed by atoms with van der Waals surface area (Å²) >= 11 is 0. The average Bonchev–Trinajstić information content (AvgIpc) is 3.26. The second-order valence-corrected chi connectivity index (χ2v) is 7.73. The number of rotatable bonds is 6. The van der Waals surface area contributed by atoms with Crippen molar-refractivity contribution in [2.75, 3.05) is 14.2 Å². The molecule has 0 aromatic heterocycles. The molecule has 0 spiro atoms. The zero-order valence-electron chi connectivity index (χ0n) is 17.3. The van der Waals surface area contributed by atoms with Crippen LogP contribution in [0.3, 0.4) is 0 Å². The van der Waals surface area contributed by atoms with Crippen molar-refractivity contribution in [2.45, 2.75) is 44.2 Å². The summed E-state index contributed by atoms with van der Waals surface area (Å²) in [7, 11) is 3.24. The summed E-state index contributed by atoms with van der Waals surface area (Å²) in [5.41, 5.74) is 2.85. The van der Waals surface area contributed by atoms with Crippen molar-refractivity contribution in [2.24, 2.45) is 0 Å². The van der Waals surface area contributed by atoms with Gasteiger partial charge < -0.3 is 19.3 Å². The molecule has 1 aliphatic carbocycles. The Morgan fingerprint density at radius 1 is 1.10 bits per heavy atom. The molecule has 1 aliphatic heterocycles. The Kier molecular flexibility index (Phi) is 5.84. The normalized spacial score (nSPS) is 18.2. The topological polar surface area (TPSA) is 68.2 Å². The molecule has 6 heteroatoms. The van der Waals surface area contributed by atoms with Gasteiger partial charge in [0.1, 0.15) is 5.75 Å². The molecule has 4 rings (SSSR count). The Morgan fingerprint density at radius 3 is 2.60 bits per heavy atom. The van der Waals surface area contributed by atoms with Crippen LogP contribution in [0.4, 0.5) is 4.79 Å². The van der Waals surface area contributed by atoms with Crippen LogP contribution in [0, 0.1) is 0 Å². The molecule has 0 bridgehead atoms. The van der Waals surface area contributed by atoms with E-state index >= 15 is 0 Å². The van der Waals surface area contributed by atoms with E-state index in [0.717, 1.165) is 41.0 Å². The van der Waals surface area contributed by atoms with Crippen LogP contribution in [0.25, 0.3) is 6.08 Å². The van der Waals surface area contributed by atoms with Crippen molar-refractivity contribution in [1.82, 2.24) is 4.90 Å². The third-order valence-corrected chi connectivity index (χ3v) is 5.86. The number of hydrogen-bond donors (Lipinski definition) is 1. The molecule has 2 aromatic carbocycles. The molecular weight excluding hydrogens is 382 g/mol. The van der Waals surface area contributed by atoms with E-state index in [1.54, 1.807) is 20.4 Å². The zero-order chi connectivity index (χ0) is 21.1. The Balaban J connectivity index is 1.70. The molecule has 1 saturated carbocycles. The summed E-state index contributed by atoms with van der Waals surface area (Å²) < 4.78 is 17.2. The lowest BCUT2D eigenvalue weighted by Crippen LogP contribution is -2.32. The minimum Gasteiger partial charge on any atom is -0.497 e.